The first-order valence-corrected chi connectivity index (χ1v) is 6.41. The SMILES string of the molecule is CCCC(C=O)Sc1cc(C)c(F)cc1Cl. The summed E-state index contributed by atoms with van der Waals surface area (Å²) in [5.74, 6) is -0.313. The van der Waals surface area contributed by atoms with Gasteiger partial charge in [0.1, 0.15) is 12.1 Å². The van der Waals surface area contributed by atoms with E-state index in [0.717, 1.165) is 24.0 Å². The van der Waals surface area contributed by atoms with E-state index >= 15 is 0 Å². The normalized spacial score (nSPS) is 12.5. The highest BCUT2D eigenvalue weighted by molar-refractivity contribution is 8.00. The number of aryl methyl sites for hydroxylation is 1. The molecule has 0 aliphatic carbocycles. The van der Waals surface area contributed by atoms with Gasteiger partial charge in [0.25, 0.3) is 0 Å². The molecule has 0 fully saturated rings. The summed E-state index contributed by atoms with van der Waals surface area (Å²) in [7, 11) is 0. The molecule has 0 saturated heterocycles. The topological polar surface area (TPSA) is 17.1 Å². The van der Waals surface area contributed by atoms with Crippen LogP contribution in [0.3, 0.4) is 0 Å². The van der Waals surface area contributed by atoms with E-state index in [9.17, 15) is 9.18 Å². The maximum Gasteiger partial charge on any atom is 0.133 e. The third-order valence-corrected chi connectivity index (χ3v) is 3.88. The van der Waals surface area contributed by atoms with Gasteiger partial charge in [0.05, 0.1) is 10.3 Å². The Balaban J connectivity index is 2.87. The van der Waals surface area contributed by atoms with Crippen LogP contribution in [0, 0.1) is 12.7 Å². The zero-order valence-electron chi connectivity index (χ0n) is 9.30. The molecule has 1 unspecified atom stereocenters. The van der Waals surface area contributed by atoms with Crippen LogP contribution in [-0.2, 0) is 4.79 Å². The van der Waals surface area contributed by atoms with Crippen LogP contribution in [0.25, 0.3) is 0 Å². The van der Waals surface area contributed by atoms with Gasteiger partial charge in [-0.05, 0) is 31.0 Å². The molecule has 1 atom stereocenters. The molecule has 1 aromatic carbocycles. The van der Waals surface area contributed by atoms with Crippen LogP contribution in [0.15, 0.2) is 17.0 Å². The number of halogens is 2. The van der Waals surface area contributed by atoms with Crippen LogP contribution < -0.4 is 0 Å². The van der Waals surface area contributed by atoms with E-state index in [-0.39, 0.29) is 11.1 Å². The Hall–Kier alpha value is -0.540. The number of hydrogen-bond acceptors (Lipinski definition) is 2. The second kappa shape index (κ2) is 6.26. The van der Waals surface area contributed by atoms with Gasteiger partial charge < -0.3 is 4.79 Å². The number of thioether (sulfide) groups is 1. The molecule has 0 aliphatic rings. The monoisotopic (exact) mass is 260 g/mol. The molecule has 1 nitrogen and oxygen atoms in total. The summed E-state index contributed by atoms with van der Waals surface area (Å²) < 4.78 is 13.2. The number of aldehydes is 1. The molecule has 0 radical (unpaired) electrons. The zero-order valence-corrected chi connectivity index (χ0v) is 10.9. The average molecular weight is 261 g/mol. The molecule has 0 heterocycles. The second-order valence-electron chi connectivity index (χ2n) is 3.61. The molecular formula is C12H14ClFOS. The fourth-order valence-corrected chi connectivity index (χ4v) is 2.76. The molecule has 1 aromatic rings. The molecule has 0 aromatic heterocycles. The average Bonchev–Trinajstić information content (AvgIpc) is 2.25. The summed E-state index contributed by atoms with van der Waals surface area (Å²) in [4.78, 5) is 11.6. The largest absolute Gasteiger partial charge is 0.302 e. The fourth-order valence-electron chi connectivity index (χ4n) is 1.32. The van der Waals surface area contributed by atoms with Crippen molar-refractivity contribution >= 4 is 29.6 Å². The van der Waals surface area contributed by atoms with E-state index in [1.807, 2.05) is 6.92 Å². The molecule has 0 aliphatic heterocycles. The van der Waals surface area contributed by atoms with Crippen molar-refractivity contribution in [3.8, 4) is 0 Å². The molecule has 0 N–H and O–H groups in total. The fraction of sp³-hybridized carbons (Fsp3) is 0.417. The van der Waals surface area contributed by atoms with Crippen LogP contribution in [0.2, 0.25) is 5.02 Å². The molecule has 4 heteroatoms. The lowest BCUT2D eigenvalue weighted by Gasteiger charge is -2.11. The number of benzene rings is 1. The second-order valence-corrected chi connectivity index (χ2v) is 5.30. The summed E-state index contributed by atoms with van der Waals surface area (Å²) in [6.07, 6.45) is 2.66. The standard InChI is InChI=1S/C12H14ClFOS/c1-3-4-9(7-15)16-12-5-8(2)11(14)6-10(12)13/h5-7,9H,3-4H2,1-2H3. The number of carbonyl (C=O) groups is 1. The van der Waals surface area contributed by atoms with Gasteiger partial charge in [0.15, 0.2) is 0 Å². The lowest BCUT2D eigenvalue weighted by molar-refractivity contribution is -0.107. The van der Waals surface area contributed by atoms with E-state index in [1.165, 1.54) is 17.8 Å². The highest BCUT2D eigenvalue weighted by Gasteiger charge is 2.12. The Kier molecular flexibility index (Phi) is 5.29. The third kappa shape index (κ3) is 3.49. The minimum absolute atomic E-state index is 0.104. The van der Waals surface area contributed by atoms with Crippen molar-refractivity contribution in [3.05, 3.63) is 28.5 Å². The van der Waals surface area contributed by atoms with E-state index in [0.29, 0.717) is 10.6 Å². The maximum atomic E-state index is 13.2. The summed E-state index contributed by atoms with van der Waals surface area (Å²) in [6.45, 7) is 3.71. The van der Waals surface area contributed by atoms with Crippen molar-refractivity contribution in [2.45, 2.75) is 36.8 Å². The number of hydrogen-bond donors (Lipinski definition) is 0. The zero-order chi connectivity index (χ0) is 12.1. The van der Waals surface area contributed by atoms with Crippen molar-refractivity contribution in [3.63, 3.8) is 0 Å². The van der Waals surface area contributed by atoms with Gasteiger partial charge >= 0.3 is 0 Å². The molecule has 16 heavy (non-hydrogen) atoms. The smallest absolute Gasteiger partial charge is 0.133 e. The van der Waals surface area contributed by atoms with Crippen LogP contribution in [0.1, 0.15) is 25.3 Å². The van der Waals surface area contributed by atoms with Crippen LogP contribution in [0.5, 0.6) is 0 Å². The quantitative estimate of drug-likeness (QED) is 0.582. The van der Waals surface area contributed by atoms with E-state index in [4.69, 9.17) is 11.6 Å². The summed E-state index contributed by atoms with van der Waals surface area (Å²) in [5, 5.41) is 0.267. The minimum atomic E-state index is -0.313. The van der Waals surface area contributed by atoms with Gasteiger partial charge in [0, 0.05) is 4.90 Å². The van der Waals surface area contributed by atoms with Crippen LogP contribution in [0.4, 0.5) is 4.39 Å². The molecular weight excluding hydrogens is 247 g/mol. The summed E-state index contributed by atoms with van der Waals surface area (Å²) in [5.41, 5.74) is 0.549. The Morgan fingerprint density at radius 2 is 2.25 bits per heavy atom. The predicted molar refractivity (Wildman–Crippen MR) is 66.8 cm³/mol. The van der Waals surface area contributed by atoms with Gasteiger partial charge in [-0.25, -0.2) is 4.39 Å². The lowest BCUT2D eigenvalue weighted by atomic mass is 10.2. The Bertz CT molecular complexity index is 382. The Morgan fingerprint density at radius 3 is 2.81 bits per heavy atom. The van der Waals surface area contributed by atoms with Gasteiger partial charge in [-0.2, -0.15) is 0 Å². The molecule has 0 bridgehead atoms. The van der Waals surface area contributed by atoms with Crippen molar-refractivity contribution in [2.75, 3.05) is 0 Å². The van der Waals surface area contributed by atoms with E-state index in [1.54, 1.807) is 13.0 Å². The van der Waals surface area contributed by atoms with Crippen molar-refractivity contribution < 1.29 is 9.18 Å². The molecule has 1 rings (SSSR count). The molecule has 0 spiro atoms. The third-order valence-electron chi connectivity index (χ3n) is 2.22. The summed E-state index contributed by atoms with van der Waals surface area (Å²) >= 11 is 7.32. The molecule has 88 valence electrons. The highest BCUT2D eigenvalue weighted by Crippen LogP contribution is 2.33. The van der Waals surface area contributed by atoms with Gasteiger partial charge in [-0.1, -0.05) is 24.9 Å². The minimum Gasteiger partial charge on any atom is -0.302 e. The van der Waals surface area contributed by atoms with Gasteiger partial charge in [-0.15, -0.1) is 11.8 Å². The van der Waals surface area contributed by atoms with Crippen LogP contribution in [-0.4, -0.2) is 11.5 Å². The number of rotatable bonds is 5. The maximum absolute atomic E-state index is 13.2. The number of carbonyl (C=O) groups excluding carboxylic acids is 1. The first-order chi connectivity index (χ1) is 7.58. The van der Waals surface area contributed by atoms with Gasteiger partial charge in [0.2, 0.25) is 0 Å². The van der Waals surface area contributed by atoms with Gasteiger partial charge in [-0.3, -0.25) is 0 Å². The van der Waals surface area contributed by atoms with E-state index in [2.05, 4.69) is 0 Å². The first kappa shape index (κ1) is 13.5. The Morgan fingerprint density at radius 1 is 1.56 bits per heavy atom. The van der Waals surface area contributed by atoms with Crippen LogP contribution >= 0.6 is 23.4 Å². The molecule has 0 amide bonds. The van der Waals surface area contributed by atoms with Crippen molar-refractivity contribution in [1.29, 1.82) is 0 Å². The first-order valence-electron chi connectivity index (χ1n) is 5.16. The van der Waals surface area contributed by atoms with Crippen molar-refractivity contribution in [2.24, 2.45) is 0 Å². The highest BCUT2D eigenvalue weighted by atomic mass is 35.5. The lowest BCUT2D eigenvalue weighted by Crippen LogP contribution is -2.03. The Labute approximate surface area is 104 Å². The van der Waals surface area contributed by atoms with Crippen molar-refractivity contribution in [1.82, 2.24) is 0 Å². The molecule has 0 saturated carbocycles. The van der Waals surface area contributed by atoms with E-state index < -0.39 is 0 Å². The summed E-state index contributed by atoms with van der Waals surface area (Å²) in [6, 6.07) is 2.99. The predicted octanol–water partition coefficient (Wildman–Crippen LogP) is 4.25.